The van der Waals surface area contributed by atoms with E-state index in [1.165, 1.54) is 51.0 Å². The molecule has 3 heterocycles. The minimum absolute atomic E-state index is 0.483. The average Bonchev–Trinajstić information content (AvgIpc) is 2.84. The average molecular weight is 332 g/mol. The standard InChI is InChI=1S/C19H28N2O3/c1-22-16-11-18-17(23-8-3-9-24-18)10-15(16)12-21-7-5-19(14-21)4-2-6-20-13-19/h10-11,20H,2-9,12-14H2,1H3. The molecule has 4 rings (SSSR count). The summed E-state index contributed by atoms with van der Waals surface area (Å²) >= 11 is 0. The monoisotopic (exact) mass is 332 g/mol. The number of benzene rings is 1. The molecule has 3 aliphatic rings. The number of nitrogens with zero attached hydrogens (tertiary/aromatic N) is 1. The van der Waals surface area contributed by atoms with Crippen molar-refractivity contribution < 1.29 is 14.2 Å². The fraction of sp³-hybridized carbons (Fsp3) is 0.684. The van der Waals surface area contributed by atoms with Crippen LogP contribution < -0.4 is 19.5 Å². The van der Waals surface area contributed by atoms with Gasteiger partial charge in [0.1, 0.15) is 5.75 Å². The predicted molar refractivity (Wildman–Crippen MR) is 93.0 cm³/mol. The van der Waals surface area contributed by atoms with E-state index in [1.54, 1.807) is 7.11 Å². The van der Waals surface area contributed by atoms with E-state index in [0.29, 0.717) is 12.0 Å². The Kier molecular flexibility index (Phi) is 4.55. The Labute approximate surface area is 144 Å². The molecule has 1 spiro atoms. The number of nitrogens with one attached hydrogen (secondary N) is 1. The Bertz CT molecular complexity index is 584. The molecule has 5 heteroatoms. The number of hydrogen-bond acceptors (Lipinski definition) is 5. The first-order valence-corrected chi connectivity index (χ1v) is 9.18. The van der Waals surface area contributed by atoms with E-state index in [2.05, 4.69) is 16.3 Å². The second kappa shape index (κ2) is 6.81. The first-order chi connectivity index (χ1) is 11.8. The van der Waals surface area contributed by atoms with Crippen LogP contribution in [0.25, 0.3) is 0 Å². The van der Waals surface area contributed by atoms with Crippen LogP contribution in [0.3, 0.4) is 0 Å². The Hall–Kier alpha value is -1.46. The van der Waals surface area contributed by atoms with Crippen LogP contribution in [0.2, 0.25) is 0 Å². The largest absolute Gasteiger partial charge is 0.496 e. The molecule has 1 atom stereocenters. The number of methoxy groups -OCH3 is 1. The van der Waals surface area contributed by atoms with Gasteiger partial charge in [0.15, 0.2) is 11.5 Å². The summed E-state index contributed by atoms with van der Waals surface area (Å²) in [4.78, 5) is 2.56. The van der Waals surface area contributed by atoms with Crippen molar-refractivity contribution in [2.75, 3.05) is 46.5 Å². The zero-order valence-electron chi connectivity index (χ0n) is 14.6. The highest BCUT2D eigenvalue weighted by Gasteiger charge is 2.39. The number of piperidine rings is 1. The number of hydrogen-bond donors (Lipinski definition) is 1. The molecule has 24 heavy (non-hydrogen) atoms. The quantitative estimate of drug-likeness (QED) is 0.921. The SMILES string of the molecule is COc1cc2c(cc1CN1CCC3(CCCNC3)C1)OCCCO2. The lowest BCUT2D eigenvalue weighted by Gasteiger charge is -2.34. The van der Waals surface area contributed by atoms with Gasteiger partial charge in [-0.1, -0.05) is 0 Å². The van der Waals surface area contributed by atoms with Gasteiger partial charge >= 0.3 is 0 Å². The van der Waals surface area contributed by atoms with Gasteiger partial charge in [0.2, 0.25) is 0 Å². The highest BCUT2D eigenvalue weighted by atomic mass is 16.5. The van der Waals surface area contributed by atoms with Crippen molar-refractivity contribution in [2.45, 2.75) is 32.2 Å². The normalized spacial score (nSPS) is 27.2. The van der Waals surface area contributed by atoms with Gasteiger partial charge in [-0.2, -0.15) is 0 Å². The number of fused-ring (bicyclic) bond motifs is 1. The van der Waals surface area contributed by atoms with Crippen LogP contribution in [0.1, 0.15) is 31.2 Å². The van der Waals surface area contributed by atoms with Crippen LogP contribution in [0.15, 0.2) is 12.1 Å². The summed E-state index contributed by atoms with van der Waals surface area (Å²) in [5.74, 6) is 2.57. The lowest BCUT2D eigenvalue weighted by Crippen LogP contribution is -2.41. The molecular formula is C19H28N2O3. The molecule has 0 aromatic heterocycles. The maximum Gasteiger partial charge on any atom is 0.164 e. The summed E-state index contributed by atoms with van der Waals surface area (Å²) in [6, 6.07) is 4.10. The van der Waals surface area contributed by atoms with Gasteiger partial charge in [0, 0.05) is 37.7 Å². The highest BCUT2D eigenvalue weighted by Crippen LogP contribution is 2.40. The molecule has 3 aliphatic heterocycles. The molecular weight excluding hydrogens is 304 g/mol. The minimum atomic E-state index is 0.483. The minimum Gasteiger partial charge on any atom is -0.496 e. The molecule has 5 nitrogen and oxygen atoms in total. The maximum atomic E-state index is 5.85. The Morgan fingerprint density at radius 1 is 1.17 bits per heavy atom. The van der Waals surface area contributed by atoms with E-state index in [1.807, 2.05) is 6.07 Å². The van der Waals surface area contributed by atoms with Crippen molar-refractivity contribution in [1.82, 2.24) is 10.2 Å². The van der Waals surface area contributed by atoms with E-state index in [9.17, 15) is 0 Å². The molecule has 132 valence electrons. The van der Waals surface area contributed by atoms with E-state index >= 15 is 0 Å². The molecule has 1 aromatic rings. The van der Waals surface area contributed by atoms with Crippen LogP contribution in [0.5, 0.6) is 17.2 Å². The lowest BCUT2D eigenvalue weighted by molar-refractivity contribution is 0.198. The summed E-state index contributed by atoms with van der Waals surface area (Å²) in [6.45, 7) is 7.03. The van der Waals surface area contributed by atoms with E-state index in [0.717, 1.165) is 36.8 Å². The Morgan fingerprint density at radius 3 is 2.75 bits per heavy atom. The molecule has 0 aliphatic carbocycles. The third-order valence-electron chi connectivity index (χ3n) is 5.62. The highest BCUT2D eigenvalue weighted by molar-refractivity contribution is 5.51. The predicted octanol–water partition coefficient (Wildman–Crippen LogP) is 2.43. The van der Waals surface area contributed by atoms with Crippen molar-refractivity contribution in [3.8, 4) is 17.2 Å². The fourth-order valence-corrected chi connectivity index (χ4v) is 4.33. The third kappa shape index (κ3) is 3.20. The van der Waals surface area contributed by atoms with Crippen molar-refractivity contribution in [1.29, 1.82) is 0 Å². The lowest BCUT2D eigenvalue weighted by atomic mass is 9.80. The zero-order chi connectivity index (χ0) is 16.4. The van der Waals surface area contributed by atoms with Gasteiger partial charge < -0.3 is 19.5 Å². The number of ether oxygens (including phenoxy) is 3. The number of rotatable bonds is 3. The molecule has 1 unspecified atom stereocenters. The van der Waals surface area contributed by atoms with Gasteiger partial charge in [0.25, 0.3) is 0 Å². The van der Waals surface area contributed by atoms with E-state index < -0.39 is 0 Å². The first kappa shape index (κ1) is 16.0. The van der Waals surface area contributed by atoms with Gasteiger partial charge in [-0.15, -0.1) is 0 Å². The second-order valence-electron chi connectivity index (χ2n) is 7.40. The Morgan fingerprint density at radius 2 is 2.00 bits per heavy atom. The zero-order valence-corrected chi connectivity index (χ0v) is 14.6. The van der Waals surface area contributed by atoms with Crippen LogP contribution in [0, 0.1) is 5.41 Å². The van der Waals surface area contributed by atoms with Crippen LogP contribution in [-0.4, -0.2) is 51.4 Å². The third-order valence-corrected chi connectivity index (χ3v) is 5.62. The Balaban J connectivity index is 1.50. The van der Waals surface area contributed by atoms with Crippen molar-refractivity contribution >= 4 is 0 Å². The molecule has 1 aromatic carbocycles. The summed E-state index contributed by atoms with van der Waals surface area (Å²) in [7, 11) is 1.74. The van der Waals surface area contributed by atoms with Crippen LogP contribution in [0.4, 0.5) is 0 Å². The topological polar surface area (TPSA) is 43.0 Å². The smallest absolute Gasteiger partial charge is 0.164 e. The molecule has 0 bridgehead atoms. The molecule has 2 saturated heterocycles. The van der Waals surface area contributed by atoms with Crippen molar-refractivity contribution in [3.05, 3.63) is 17.7 Å². The molecule has 0 amide bonds. The fourth-order valence-electron chi connectivity index (χ4n) is 4.33. The van der Waals surface area contributed by atoms with Crippen LogP contribution >= 0.6 is 0 Å². The van der Waals surface area contributed by atoms with Gasteiger partial charge in [-0.25, -0.2) is 0 Å². The van der Waals surface area contributed by atoms with Gasteiger partial charge in [0.05, 0.1) is 20.3 Å². The van der Waals surface area contributed by atoms with E-state index in [4.69, 9.17) is 14.2 Å². The molecule has 2 fully saturated rings. The summed E-state index contributed by atoms with van der Waals surface area (Å²) in [5.41, 5.74) is 1.68. The van der Waals surface area contributed by atoms with Gasteiger partial charge in [-0.05, 0) is 43.8 Å². The molecule has 0 radical (unpaired) electrons. The molecule has 1 N–H and O–H groups in total. The first-order valence-electron chi connectivity index (χ1n) is 9.18. The maximum absolute atomic E-state index is 5.85. The van der Waals surface area contributed by atoms with Gasteiger partial charge in [-0.3, -0.25) is 4.90 Å². The summed E-state index contributed by atoms with van der Waals surface area (Å²) < 4.78 is 17.3. The van der Waals surface area contributed by atoms with E-state index in [-0.39, 0.29) is 0 Å². The summed E-state index contributed by atoms with van der Waals surface area (Å²) in [6.07, 6.45) is 4.89. The van der Waals surface area contributed by atoms with Crippen LogP contribution in [-0.2, 0) is 6.54 Å². The summed E-state index contributed by atoms with van der Waals surface area (Å²) in [5, 5.41) is 3.58. The molecule has 0 saturated carbocycles. The number of likely N-dealkylation sites (tertiary alicyclic amines) is 1. The second-order valence-corrected chi connectivity index (χ2v) is 7.40. The van der Waals surface area contributed by atoms with Crippen molar-refractivity contribution in [3.63, 3.8) is 0 Å². The van der Waals surface area contributed by atoms with Crippen molar-refractivity contribution in [2.24, 2.45) is 5.41 Å².